The summed E-state index contributed by atoms with van der Waals surface area (Å²) in [6.45, 7) is 0. The zero-order valence-corrected chi connectivity index (χ0v) is 19.3. The van der Waals surface area contributed by atoms with Gasteiger partial charge in [-0.15, -0.1) is 0 Å². The highest BCUT2D eigenvalue weighted by Gasteiger charge is 2.14. The summed E-state index contributed by atoms with van der Waals surface area (Å²) < 4.78 is 6.08. The lowest BCUT2D eigenvalue weighted by atomic mass is 10.2. The summed E-state index contributed by atoms with van der Waals surface area (Å²) in [5.41, 5.74) is 3.67. The largest absolute Gasteiger partial charge is 0.423 e. The van der Waals surface area contributed by atoms with Crippen LogP contribution in [-0.4, -0.2) is 24.0 Å². The molecule has 0 aromatic heterocycles. The van der Waals surface area contributed by atoms with Crippen LogP contribution in [0, 0.1) is 0 Å². The minimum Gasteiger partial charge on any atom is -0.423 e. The number of hydrogen-bond acceptors (Lipinski definition) is 5. The van der Waals surface area contributed by atoms with Gasteiger partial charge in [0.2, 0.25) is 0 Å². The van der Waals surface area contributed by atoms with Gasteiger partial charge in [0.25, 0.3) is 0 Å². The summed E-state index contributed by atoms with van der Waals surface area (Å²) in [5, 5.41) is 6.47. The van der Waals surface area contributed by atoms with E-state index in [9.17, 15) is 14.4 Å². The monoisotopic (exact) mass is 525 g/mol. The molecule has 0 saturated heterocycles. The summed E-state index contributed by atoms with van der Waals surface area (Å²) in [5.74, 6) is -2.30. The molecule has 166 valence electrons. The molecule has 0 bridgehead atoms. The number of benzene rings is 3. The molecule has 33 heavy (non-hydrogen) atoms. The fourth-order valence-electron chi connectivity index (χ4n) is 2.54. The van der Waals surface area contributed by atoms with Crippen molar-refractivity contribution in [2.75, 3.05) is 5.32 Å². The molecule has 0 aliphatic heterocycles. The number of carbonyl (C=O) groups excluding carboxylic acids is 3. The quantitative estimate of drug-likeness (QED) is 0.120. The summed E-state index contributed by atoms with van der Waals surface area (Å²) >= 11 is 9.29. The number of carbonyl (C=O) groups is 3. The summed E-state index contributed by atoms with van der Waals surface area (Å²) in [6.07, 6.45) is 4.20. The van der Waals surface area contributed by atoms with E-state index >= 15 is 0 Å². The molecule has 7 nitrogen and oxygen atoms in total. The van der Waals surface area contributed by atoms with Gasteiger partial charge in [-0.2, -0.15) is 5.10 Å². The van der Waals surface area contributed by atoms with Crippen molar-refractivity contribution in [1.82, 2.24) is 5.43 Å². The Morgan fingerprint density at radius 1 is 0.939 bits per heavy atom. The number of nitrogens with one attached hydrogen (secondary N) is 2. The zero-order valence-electron chi connectivity index (χ0n) is 17.0. The average molecular weight is 527 g/mol. The topological polar surface area (TPSA) is 96.9 Å². The van der Waals surface area contributed by atoms with Crippen molar-refractivity contribution < 1.29 is 19.1 Å². The maximum Gasteiger partial charge on any atom is 0.336 e. The molecular formula is C24H17BrClN3O4. The third-order valence-corrected chi connectivity index (χ3v) is 4.91. The minimum absolute atomic E-state index is 0.222. The number of amides is 2. The number of anilines is 1. The smallest absolute Gasteiger partial charge is 0.336 e. The van der Waals surface area contributed by atoms with Crippen LogP contribution < -0.4 is 15.5 Å². The highest BCUT2D eigenvalue weighted by Crippen LogP contribution is 2.22. The molecule has 3 aromatic carbocycles. The number of para-hydroxylation sites is 1. The number of ether oxygens (including phenoxy) is 1. The summed E-state index contributed by atoms with van der Waals surface area (Å²) in [7, 11) is 0. The predicted molar refractivity (Wildman–Crippen MR) is 131 cm³/mol. The fourth-order valence-corrected chi connectivity index (χ4v) is 3.10. The van der Waals surface area contributed by atoms with Crippen molar-refractivity contribution in [2.45, 2.75) is 0 Å². The van der Waals surface area contributed by atoms with E-state index in [-0.39, 0.29) is 5.75 Å². The van der Waals surface area contributed by atoms with Crippen LogP contribution in [-0.2, 0) is 14.4 Å². The Morgan fingerprint density at radius 2 is 1.67 bits per heavy atom. The summed E-state index contributed by atoms with van der Waals surface area (Å²) in [4.78, 5) is 36.2. The molecule has 0 aliphatic carbocycles. The van der Waals surface area contributed by atoms with E-state index in [4.69, 9.17) is 16.3 Å². The normalized spacial score (nSPS) is 10.8. The lowest BCUT2D eigenvalue weighted by molar-refractivity contribution is -0.136. The molecule has 0 spiro atoms. The number of rotatable bonds is 6. The van der Waals surface area contributed by atoms with Crippen molar-refractivity contribution in [2.24, 2.45) is 5.10 Å². The fraction of sp³-hybridized carbons (Fsp3) is 0. The second kappa shape index (κ2) is 11.8. The molecule has 0 aliphatic rings. The molecule has 0 saturated carbocycles. The van der Waals surface area contributed by atoms with E-state index in [0.717, 1.165) is 5.56 Å². The second-order valence-electron chi connectivity index (χ2n) is 6.48. The summed E-state index contributed by atoms with van der Waals surface area (Å²) in [6, 6.07) is 20.7. The standard InChI is InChI=1S/C24H17BrClN3O4/c25-18-11-12-21(33-22(30)13-10-16-6-2-1-3-7-16)17(14-18)15-27-29-24(32)23(31)28-20-9-5-4-8-19(20)26/h1-15H,(H,28,31)(H,29,32)/b13-10+,27-15+. The minimum atomic E-state index is -0.995. The van der Waals surface area contributed by atoms with Crippen LogP contribution in [0.3, 0.4) is 0 Å². The number of hydrazone groups is 1. The first-order valence-electron chi connectivity index (χ1n) is 9.56. The molecule has 3 aromatic rings. The van der Waals surface area contributed by atoms with E-state index in [0.29, 0.717) is 20.7 Å². The van der Waals surface area contributed by atoms with Crippen LogP contribution in [0.25, 0.3) is 6.08 Å². The third-order valence-electron chi connectivity index (χ3n) is 4.09. The number of halogens is 2. The van der Waals surface area contributed by atoms with Gasteiger partial charge >= 0.3 is 17.8 Å². The average Bonchev–Trinajstić information content (AvgIpc) is 2.81. The van der Waals surface area contributed by atoms with Gasteiger partial charge < -0.3 is 10.1 Å². The Labute approximate surface area is 203 Å². The first-order chi connectivity index (χ1) is 15.9. The third kappa shape index (κ3) is 7.41. The highest BCUT2D eigenvalue weighted by atomic mass is 79.9. The maximum absolute atomic E-state index is 12.2. The van der Waals surface area contributed by atoms with Crippen LogP contribution in [0.5, 0.6) is 5.75 Å². The van der Waals surface area contributed by atoms with E-state index in [1.54, 1.807) is 48.5 Å². The SMILES string of the molecule is O=C(/C=C/c1ccccc1)Oc1ccc(Br)cc1/C=N/NC(=O)C(=O)Nc1ccccc1Cl. The Morgan fingerprint density at radius 3 is 2.42 bits per heavy atom. The van der Waals surface area contributed by atoms with E-state index < -0.39 is 17.8 Å². The molecule has 0 atom stereocenters. The van der Waals surface area contributed by atoms with Gasteiger partial charge in [-0.25, -0.2) is 10.2 Å². The van der Waals surface area contributed by atoms with Gasteiger partial charge in [-0.3, -0.25) is 9.59 Å². The van der Waals surface area contributed by atoms with Crippen LogP contribution in [0.1, 0.15) is 11.1 Å². The van der Waals surface area contributed by atoms with Crippen molar-refractivity contribution >= 4 is 63.3 Å². The predicted octanol–water partition coefficient (Wildman–Crippen LogP) is 4.81. The van der Waals surface area contributed by atoms with E-state index in [1.165, 1.54) is 12.3 Å². The number of nitrogens with zero attached hydrogens (tertiary/aromatic N) is 1. The molecule has 0 unspecified atom stereocenters. The molecule has 0 fully saturated rings. The maximum atomic E-state index is 12.2. The Hall–Kier alpha value is -3.75. The molecule has 2 amide bonds. The van der Waals surface area contributed by atoms with Crippen molar-refractivity contribution in [3.8, 4) is 5.75 Å². The first kappa shape index (κ1) is 23.9. The van der Waals surface area contributed by atoms with Gasteiger partial charge in [0.05, 0.1) is 16.9 Å². The van der Waals surface area contributed by atoms with Gasteiger partial charge in [-0.05, 0) is 42.0 Å². The second-order valence-corrected chi connectivity index (χ2v) is 7.80. The molecule has 3 rings (SSSR count). The van der Waals surface area contributed by atoms with E-state index in [2.05, 4.69) is 31.8 Å². The lowest BCUT2D eigenvalue weighted by Gasteiger charge is -2.07. The van der Waals surface area contributed by atoms with Crippen LogP contribution >= 0.6 is 27.5 Å². The van der Waals surface area contributed by atoms with Crippen molar-refractivity contribution in [3.63, 3.8) is 0 Å². The Kier molecular flexibility index (Phi) is 8.51. The molecule has 0 radical (unpaired) electrons. The Bertz CT molecular complexity index is 1230. The van der Waals surface area contributed by atoms with Crippen molar-refractivity contribution in [1.29, 1.82) is 0 Å². The Balaban J connectivity index is 1.63. The van der Waals surface area contributed by atoms with Crippen molar-refractivity contribution in [3.05, 3.63) is 99.5 Å². The zero-order chi connectivity index (χ0) is 23.6. The van der Waals surface area contributed by atoms with Gasteiger partial charge in [0, 0.05) is 16.1 Å². The molecule has 2 N–H and O–H groups in total. The molecule has 0 heterocycles. The van der Waals surface area contributed by atoms with Gasteiger partial charge in [0.15, 0.2) is 0 Å². The first-order valence-corrected chi connectivity index (χ1v) is 10.7. The van der Waals surface area contributed by atoms with Gasteiger partial charge in [0.1, 0.15) is 5.75 Å². The van der Waals surface area contributed by atoms with Crippen LogP contribution in [0.2, 0.25) is 5.02 Å². The van der Waals surface area contributed by atoms with Crippen LogP contribution in [0.4, 0.5) is 5.69 Å². The highest BCUT2D eigenvalue weighted by molar-refractivity contribution is 9.10. The van der Waals surface area contributed by atoms with Crippen LogP contribution in [0.15, 0.2) is 88.4 Å². The van der Waals surface area contributed by atoms with E-state index in [1.807, 2.05) is 30.3 Å². The number of esters is 1. The molecule has 9 heteroatoms. The lowest BCUT2D eigenvalue weighted by Crippen LogP contribution is -2.32. The number of hydrogen-bond donors (Lipinski definition) is 2. The molecular weight excluding hydrogens is 510 g/mol. The van der Waals surface area contributed by atoms with Gasteiger partial charge in [-0.1, -0.05) is 70.0 Å².